The summed E-state index contributed by atoms with van der Waals surface area (Å²) in [6, 6.07) is 4.51. The fourth-order valence-corrected chi connectivity index (χ4v) is 2.61. The van der Waals surface area contributed by atoms with E-state index in [1.807, 2.05) is 6.92 Å². The predicted octanol–water partition coefficient (Wildman–Crippen LogP) is 2.28. The third-order valence-corrected chi connectivity index (χ3v) is 3.71. The standard InChI is InChI=1S/C17H18N2O7/c1-4-24-14-7-9-10(25-14)5-6-11(15(9)16(20)21)26-17-18-12(22-2)8-13(19-17)23-3/h5-6,8,14H,4,7H2,1-3H3,(H,20,21). The Hall–Kier alpha value is -3.07. The van der Waals surface area contributed by atoms with Crippen molar-refractivity contribution in [3.63, 3.8) is 0 Å². The summed E-state index contributed by atoms with van der Waals surface area (Å²) in [5.41, 5.74) is 0.485. The molecule has 0 radical (unpaired) electrons. The Kier molecular flexibility index (Phi) is 5.08. The molecule has 138 valence electrons. The number of fused-ring (bicyclic) bond motifs is 1. The number of nitrogens with zero attached hydrogens (tertiary/aromatic N) is 2. The molecule has 1 N–H and O–H groups in total. The zero-order chi connectivity index (χ0) is 18.7. The lowest BCUT2D eigenvalue weighted by atomic mass is 10.0. The Bertz CT molecular complexity index is 803. The molecule has 0 bridgehead atoms. The number of ether oxygens (including phenoxy) is 5. The summed E-state index contributed by atoms with van der Waals surface area (Å²) in [6.07, 6.45) is -0.207. The van der Waals surface area contributed by atoms with Crippen molar-refractivity contribution in [3.8, 4) is 29.3 Å². The van der Waals surface area contributed by atoms with Gasteiger partial charge in [0.1, 0.15) is 17.1 Å². The fourth-order valence-electron chi connectivity index (χ4n) is 2.61. The zero-order valence-electron chi connectivity index (χ0n) is 14.5. The van der Waals surface area contributed by atoms with E-state index in [0.29, 0.717) is 24.3 Å². The number of carboxylic acids is 1. The van der Waals surface area contributed by atoms with E-state index in [2.05, 4.69) is 9.97 Å². The first-order chi connectivity index (χ1) is 12.5. The summed E-state index contributed by atoms with van der Waals surface area (Å²) in [5.74, 6) is -0.147. The van der Waals surface area contributed by atoms with Crippen LogP contribution in [0.25, 0.3) is 0 Å². The van der Waals surface area contributed by atoms with Gasteiger partial charge >= 0.3 is 12.0 Å². The summed E-state index contributed by atoms with van der Waals surface area (Å²) in [5, 5.41) is 9.66. The van der Waals surface area contributed by atoms with E-state index in [1.165, 1.54) is 26.4 Å². The second-order valence-electron chi connectivity index (χ2n) is 5.26. The van der Waals surface area contributed by atoms with E-state index in [1.54, 1.807) is 6.07 Å². The number of aromatic carboxylic acids is 1. The average Bonchev–Trinajstić information content (AvgIpc) is 3.03. The molecule has 9 heteroatoms. The molecule has 1 aliphatic rings. The van der Waals surface area contributed by atoms with Crippen LogP contribution in [0.2, 0.25) is 0 Å². The highest BCUT2D eigenvalue weighted by Crippen LogP contribution is 2.38. The van der Waals surface area contributed by atoms with Crippen LogP contribution >= 0.6 is 0 Å². The lowest BCUT2D eigenvalue weighted by Crippen LogP contribution is -2.17. The second-order valence-corrected chi connectivity index (χ2v) is 5.26. The molecule has 2 heterocycles. The molecule has 0 spiro atoms. The number of aromatic nitrogens is 2. The molecule has 26 heavy (non-hydrogen) atoms. The van der Waals surface area contributed by atoms with Crippen LogP contribution in [0.15, 0.2) is 18.2 Å². The molecule has 1 aliphatic heterocycles. The second kappa shape index (κ2) is 7.44. The molecule has 1 aromatic carbocycles. The summed E-state index contributed by atoms with van der Waals surface area (Å²) < 4.78 is 26.8. The van der Waals surface area contributed by atoms with Gasteiger partial charge in [-0.1, -0.05) is 0 Å². The Balaban J connectivity index is 1.97. The van der Waals surface area contributed by atoms with Gasteiger partial charge in [-0.05, 0) is 19.1 Å². The van der Waals surface area contributed by atoms with Gasteiger partial charge in [0.15, 0.2) is 0 Å². The molecule has 0 fully saturated rings. The SMILES string of the molecule is CCOC1Cc2c(ccc(Oc3nc(OC)cc(OC)n3)c2C(=O)O)O1. The lowest BCUT2D eigenvalue weighted by molar-refractivity contribution is -0.0602. The molecule has 0 saturated carbocycles. The number of hydrogen-bond donors (Lipinski definition) is 1. The molecule has 0 amide bonds. The van der Waals surface area contributed by atoms with Crippen molar-refractivity contribution < 1.29 is 33.6 Å². The van der Waals surface area contributed by atoms with Crippen molar-refractivity contribution in [2.45, 2.75) is 19.6 Å². The van der Waals surface area contributed by atoms with Crippen molar-refractivity contribution in [2.24, 2.45) is 0 Å². The van der Waals surface area contributed by atoms with Gasteiger partial charge in [-0.2, -0.15) is 9.97 Å². The van der Waals surface area contributed by atoms with Gasteiger partial charge in [-0.25, -0.2) is 4.79 Å². The third kappa shape index (κ3) is 3.47. The van der Waals surface area contributed by atoms with Gasteiger partial charge in [0.2, 0.25) is 18.1 Å². The summed E-state index contributed by atoms with van der Waals surface area (Å²) in [6.45, 7) is 2.30. The number of carbonyl (C=O) groups is 1. The average molecular weight is 362 g/mol. The van der Waals surface area contributed by atoms with E-state index in [9.17, 15) is 9.90 Å². The minimum Gasteiger partial charge on any atom is -0.481 e. The molecular weight excluding hydrogens is 344 g/mol. The van der Waals surface area contributed by atoms with Crippen molar-refractivity contribution in [1.29, 1.82) is 0 Å². The van der Waals surface area contributed by atoms with Crippen LogP contribution in [-0.4, -0.2) is 48.2 Å². The number of methoxy groups -OCH3 is 2. The van der Waals surface area contributed by atoms with Gasteiger partial charge in [0, 0.05) is 18.6 Å². The highest BCUT2D eigenvalue weighted by atomic mass is 16.7. The van der Waals surface area contributed by atoms with E-state index < -0.39 is 12.3 Å². The quantitative estimate of drug-likeness (QED) is 0.793. The monoisotopic (exact) mass is 362 g/mol. The summed E-state index contributed by atoms with van der Waals surface area (Å²) in [7, 11) is 2.88. The van der Waals surface area contributed by atoms with Crippen LogP contribution < -0.4 is 18.9 Å². The summed E-state index contributed by atoms with van der Waals surface area (Å²) in [4.78, 5) is 19.9. The maximum atomic E-state index is 11.8. The molecule has 0 saturated heterocycles. The van der Waals surface area contributed by atoms with Crippen LogP contribution in [0.1, 0.15) is 22.8 Å². The van der Waals surface area contributed by atoms with E-state index >= 15 is 0 Å². The van der Waals surface area contributed by atoms with Crippen molar-refractivity contribution in [1.82, 2.24) is 9.97 Å². The number of rotatable bonds is 7. The van der Waals surface area contributed by atoms with Gasteiger partial charge in [0.05, 0.1) is 20.3 Å². The van der Waals surface area contributed by atoms with E-state index in [0.717, 1.165) is 0 Å². The molecule has 1 unspecified atom stereocenters. The summed E-state index contributed by atoms with van der Waals surface area (Å²) >= 11 is 0. The zero-order valence-corrected chi connectivity index (χ0v) is 14.5. The first kappa shape index (κ1) is 17.7. The van der Waals surface area contributed by atoms with Crippen LogP contribution in [0, 0.1) is 0 Å². The fraction of sp³-hybridized carbons (Fsp3) is 0.353. The topological polar surface area (TPSA) is 109 Å². The van der Waals surface area contributed by atoms with Gasteiger partial charge in [0.25, 0.3) is 0 Å². The molecular formula is C17H18N2O7. The maximum absolute atomic E-state index is 11.8. The lowest BCUT2D eigenvalue weighted by Gasteiger charge is -2.11. The van der Waals surface area contributed by atoms with Crippen LogP contribution in [-0.2, 0) is 11.2 Å². The van der Waals surface area contributed by atoms with Crippen LogP contribution in [0.3, 0.4) is 0 Å². The van der Waals surface area contributed by atoms with Gasteiger partial charge in [-0.3, -0.25) is 0 Å². The normalized spacial score (nSPS) is 15.1. The number of benzene rings is 1. The molecule has 9 nitrogen and oxygen atoms in total. The highest BCUT2D eigenvalue weighted by molar-refractivity contribution is 5.94. The van der Waals surface area contributed by atoms with E-state index in [-0.39, 0.29) is 29.1 Å². The number of hydrogen-bond acceptors (Lipinski definition) is 8. The minimum atomic E-state index is -1.15. The van der Waals surface area contributed by atoms with Crippen molar-refractivity contribution in [2.75, 3.05) is 20.8 Å². The first-order valence-electron chi connectivity index (χ1n) is 7.88. The molecule has 1 atom stereocenters. The van der Waals surface area contributed by atoms with Gasteiger partial charge < -0.3 is 28.8 Å². The molecule has 1 aromatic heterocycles. The largest absolute Gasteiger partial charge is 0.481 e. The van der Waals surface area contributed by atoms with Crippen molar-refractivity contribution in [3.05, 3.63) is 29.3 Å². The van der Waals surface area contributed by atoms with Crippen molar-refractivity contribution >= 4 is 5.97 Å². The predicted molar refractivity (Wildman–Crippen MR) is 88.4 cm³/mol. The smallest absolute Gasteiger partial charge is 0.339 e. The van der Waals surface area contributed by atoms with E-state index in [4.69, 9.17) is 23.7 Å². The van der Waals surface area contributed by atoms with Crippen LogP contribution in [0.5, 0.6) is 29.3 Å². The molecule has 2 aromatic rings. The number of carboxylic acid groups (broad SMARTS) is 1. The third-order valence-electron chi connectivity index (χ3n) is 3.71. The highest BCUT2D eigenvalue weighted by Gasteiger charge is 2.31. The Morgan fingerprint density at radius 1 is 1.27 bits per heavy atom. The maximum Gasteiger partial charge on any atom is 0.339 e. The minimum absolute atomic E-state index is 0.0184. The first-order valence-corrected chi connectivity index (χ1v) is 7.88. The Labute approximate surface area is 149 Å². The van der Waals surface area contributed by atoms with Crippen LogP contribution in [0.4, 0.5) is 0 Å². The Morgan fingerprint density at radius 3 is 2.54 bits per heavy atom. The molecule has 0 aliphatic carbocycles. The molecule has 3 rings (SSSR count). The Morgan fingerprint density at radius 2 is 1.96 bits per heavy atom. The van der Waals surface area contributed by atoms with Gasteiger partial charge in [-0.15, -0.1) is 0 Å².